The first-order valence-corrected chi connectivity index (χ1v) is 8.00. The molecule has 0 fully saturated rings. The zero-order valence-electron chi connectivity index (χ0n) is 12.5. The van der Waals surface area contributed by atoms with Crippen molar-refractivity contribution in [2.75, 3.05) is 5.01 Å². The summed E-state index contributed by atoms with van der Waals surface area (Å²) in [6, 6.07) is 17.0. The molecule has 0 aliphatic carbocycles. The third kappa shape index (κ3) is 3.19. The van der Waals surface area contributed by atoms with E-state index in [9.17, 15) is 9.59 Å². The molecule has 0 radical (unpaired) electrons. The summed E-state index contributed by atoms with van der Waals surface area (Å²) in [5.41, 5.74) is 1.99. The number of hydrazine groups is 1. The number of benzene rings is 2. The Balaban J connectivity index is 1.85. The van der Waals surface area contributed by atoms with Gasteiger partial charge in [0.1, 0.15) is 0 Å². The second-order valence-electron chi connectivity index (χ2n) is 5.09. The molecule has 0 saturated heterocycles. The van der Waals surface area contributed by atoms with Crippen LogP contribution in [0.2, 0.25) is 0 Å². The molecule has 0 bridgehead atoms. The zero-order chi connectivity index (χ0) is 17.1. The number of aromatic carboxylic acids is 1. The van der Waals surface area contributed by atoms with Crippen molar-refractivity contribution < 1.29 is 14.7 Å². The fourth-order valence-electron chi connectivity index (χ4n) is 2.26. The standard InChI is InChI=1S/C18H14N2O3S/c19-20(17(21)12-6-8-13(9-7-12)18(22)23)15-4-1-3-14(11-15)16-5-2-10-24-16/h1-11H,19H2,(H,22,23). The van der Waals surface area contributed by atoms with Crippen LogP contribution >= 0.6 is 11.3 Å². The minimum atomic E-state index is -1.04. The van der Waals surface area contributed by atoms with Crippen LogP contribution in [0.4, 0.5) is 5.69 Å². The predicted molar refractivity (Wildman–Crippen MR) is 94.2 cm³/mol. The number of carbonyl (C=O) groups excluding carboxylic acids is 1. The number of anilines is 1. The SMILES string of the molecule is NN(C(=O)c1ccc(C(=O)O)cc1)c1cccc(-c2cccs2)c1. The third-order valence-corrected chi connectivity index (χ3v) is 4.45. The lowest BCUT2D eigenvalue weighted by molar-refractivity contribution is 0.0696. The molecule has 0 saturated carbocycles. The summed E-state index contributed by atoms with van der Waals surface area (Å²) < 4.78 is 0. The van der Waals surface area contributed by atoms with Crippen LogP contribution in [-0.2, 0) is 0 Å². The van der Waals surface area contributed by atoms with Crippen LogP contribution in [0.3, 0.4) is 0 Å². The van der Waals surface area contributed by atoms with E-state index in [4.69, 9.17) is 10.9 Å². The maximum absolute atomic E-state index is 12.5. The Hall–Kier alpha value is -2.96. The van der Waals surface area contributed by atoms with Crippen LogP contribution in [0.25, 0.3) is 10.4 Å². The number of amides is 1. The van der Waals surface area contributed by atoms with Gasteiger partial charge in [-0.15, -0.1) is 11.3 Å². The molecular weight excluding hydrogens is 324 g/mol. The van der Waals surface area contributed by atoms with Gasteiger partial charge in [0.25, 0.3) is 5.91 Å². The molecule has 6 heteroatoms. The van der Waals surface area contributed by atoms with Crippen LogP contribution in [0.1, 0.15) is 20.7 Å². The first kappa shape index (κ1) is 15.9. The van der Waals surface area contributed by atoms with Crippen molar-refractivity contribution in [2.45, 2.75) is 0 Å². The molecule has 0 atom stereocenters. The van der Waals surface area contributed by atoms with Gasteiger partial charge in [-0.3, -0.25) is 4.79 Å². The Kier molecular flexibility index (Phi) is 4.41. The van der Waals surface area contributed by atoms with Crippen molar-refractivity contribution in [3.63, 3.8) is 0 Å². The zero-order valence-corrected chi connectivity index (χ0v) is 13.4. The van der Waals surface area contributed by atoms with E-state index in [0.29, 0.717) is 11.3 Å². The van der Waals surface area contributed by atoms with Gasteiger partial charge >= 0.3 is 5.97 Å². The molecule has 1 heterocycles. The molecule has 0 unspecified atom stereocenters. The van der Waals surface area contributed by atoms with E-state index in [1.54, 1.807) is 17.4 Å². The van der Waals surface area contributed by atoms with Gasteiger partial charge in [-0.25, -0.2) is 15.6 Å². The van der Waals surface area contributed by atoms with E-state index < -0.39 is 11.9 Å². The summed E-state index contributed by atoms with van der Waals surface area (Å²) in [6.45, 7) is 0. The number of rotatable bonds is 4. The number of nitrogens with zero attached hydrogens (tertiary/aromatic N) is 1. The molecule has 24 heavy (non-hydrogen) atoms. The maximum atomic E-state index is 12.5. The lowest BCUT2D eigenvalue weighted by Gasteiger charge is -2.17. The molecule has 120 valence electrons. The van der Waals surface area contributed by atoms with Crippen molar-refractivity contribution in [3.8, 4) is 10.4 Å². The van der Waals surface area contributed by atoms with E-state index in [1.807, 2.05) is 35.7 Å². The smallest absolute Gasteiger partial charge is 0.335 e. The van der Waals surface area contributed by atoms with E-state index in [2.05, 4.69) is 0 Å². The number of hydrogen-bond acceptors (Lipinski definition) is 4. The number of hydrogen-bond donors (Lipinski definition) is 2. The molecule has 1 amide bonds. The highest BCUT2D eigenvalue weighted by Gasteiger charge is 2.15. The minimum Gasteiger partial charge on any atom is -0.478 e. The summed E-state index contributed by atoms with van der Waals surface area (Å²) in [4.78, 5) is 24.4. The molecule has 3 aromatic rings. The number of carboxylic acid groups (broad SMARTS) is 1. The van der Waals surface area contributed by atoms with Gasteiger partial charge in [0.15, 0.2) is 0 Å². The Morgan fingerprint density at radius 1 is 0.958 bits per heavy atom. The molecule has 3 N–H and O–H groups in total. The summed E-state index contributed by atoms with van der Waals surface area (Å²) >= 11 is 1.61. The van der Waals surface area contributed by atoms with Crippen LogP contribution in [0.15, 0.2) is 66.0 Å². The van der Waals surface area contributed by atoms with Crippen molar-refractivity contribution in [2.24, 2.45) is 5.84 Å². The van der Waals surface area contributed by atoms with E-state index in [0.717, 1.165) is 15.4 Å². The topological polar surface area (TPSA) is 83.6 Å². The van der Waals surface area contributed by atoms with E-state index >= 15 is 0 Å². The Morgan fingerprint density at radius 2 is 1.67 bits per heavy atom. The second-order valence-corrected chi connectivity index (χ2v) is 6.03. The highest BCUT2D eigenvalue weighted by atomic mass is 32.1. The van der Waals surface area contributed by atoms with Crippen LogP contribution in [0.5, 0.6) is 0 Å². The van der Waals surface area contributed by atoms with Gasteiger partial charge in [-0.2, -0.15) is 0 Å². The Morgan fingerprint density at radius 3 is 2.29 bits per heavy atom. The van der Waals surface area contributed by atoms with Gasteiger partial charge in [-0.1, -0.05) is 18.2 Å². The van der Waals surface area contributed by atoms with Crippen molar-refractivity contribution in [3.05, 3.63) is 77.2 Å². The van der Waals surface area contributed by atoms with Gasteiger partial charge in [-0.05, 0) is 53.4 Å². The van der Waals surface area contributed by atoms with Crippen molar-refractivity contribution in [1.29, 1.82) is 0 Å². The van der Waals surface area contributed by atoms with Crippen molar-refractivity contribution in [1.82, 2.24) is 0 Å². The molecule has 0 spiro atoms. The largest absolute Gasteiger partial charge is 0.478 e. The summed E-state index contributed by atoms with van der Waals surface area (Å²) in [6.07, 6.45) is 0. The van der Waals surface area contributed by atoms with Gasteiger partial charge < -0.3 is 5.11 Å². The molecule has 1 aromatic heterocycles. The minimum absolute atomic E-state index is 0.120. The van der Waals surface area contributed by atoms with Crippen LogP contribution < -0.4 is 10.9 Å². The highest BCUT2D eigenvalue weighted by Crippen LogP contribution is 2.28. The second kappa shape index (κ2) is 6.66. The summed E-state index contributed by atoms with van der Waals surface area (Å²) in [5.74, 6) is 4.51. The van der Waals surface area contributed by atoms with Crippen molar-refractivity contribution >= 4 is 28.9 Å². The molecule has 0 aliphatic rings. The molecule has 0 aliphatic heterocycles. The molecule has 2 aromatic carbocycles. The van der Waals surface area contributed by atoms with Gasteiger partial charge in [0.05, 0.1) is 11.3 Å². The predicted octanol–water partition coefficient (Wildman–Crippen LogP) is 3.63. The normalized spacial score (nSPS) is 10.4. The highest BCUT2D eigenvalue weighted by molar-refractivity contribution is 7.13. The monoisotopic (exact) mass is 338 g/mol. The molecule has 5 nitrogen and oxygen atoms in total. The lowest BCUT2D eigenvalue weighted by Crippen LogP contribution is -2.37. The average molecular weight is 338 g/mol. The fraction of sp³-hybridized carbons (Fsp3) is 0. The number of carbonyl (C=O) groups is 2. The quantitative estimate of drug-likeness (QED) is 0.432. The number of nitrogens with two attached hydrogens (primary N) is 1. The third-order valence-electron chi connectivity index (χ3n) is 3.53. The number of thiophene rings is 1. The lowest BCUT2D eigenvalue weighted by atomic mass is 10.1. The molecule has 3 rings (SSSR count). The van der Waals surface area contributed by atoms with E-state index in [-0.39, 0.29) is 5.56 Å². The average Bonchev–Trinajstić information content (AvgIpc) is 3.15. The van der Waals surface area contributed by atoms with Gasteiger partial charge in [0.2, 0.25) is 0 Å². The Labute approximate surface area is 142 Å². The van der Waals surface area contributed by atoms with Crippen LogP contribution in [-0.4, -0.2) is 17.0 Å². The van der Waals surface area contributed by atoms with Crippen LogP contribution in [0, 0.1) is 0 Å². The number of carboxylic acids is 1. The first-order valence-electron chi connectivity index (χ1n) is 7.13. The fourth-order valence-corrected chi connectivity index (χ4v) is 2.99. The Bertz CT molecular complexity index is 874. The van der Waals surface area contributed by atoms with Gasteiger partial charge in [0, 0.05) is 10.4 Å². The summed E-state index contributed by atoms with van der Waals surface area (Å²) in [5, 5.41) is 11.9. The molecular formula is C18H14N2O3S. The maximum Gasteiger partial charge on any atom is 0.335 e. The summed E-state index contributed by atoms with van der Waals surface area (Å²) in [7, 11) is 0. The first-order chi connectivity index (χ1) is 11.6. The van der Waals surface area contributed by atoms with E-state index in [1.165, 1.54) is 24.3 Å².